The molecule has 0 amide bonds. The van der Waals surface area contributed by atoms with Gasteiger partial charge in [-0.05, 0) is 20.4 Å². The van der Waals surface area contributed by atoms with Crippen molar-refractivity contribution in [1.82, 2.24) is 15.3 Å². The van der Waals surface area contributed by atoms with Crippen molar-refractivity contribution in [3.05, 3.63) is 18.1 Å². The van der Waals surface area contributed by atoms with Crippen LogP contribution in [0.2, 0.25) is 0 Å². The van der Waals surface area contributed by atoms with Gasteiger partial charge in [0.1, 0.15) is 5.82 Å². The third-order valence-corrected chi connectivity index (χ3v) is 2.81. The molecule has 17 heavy (non-hydrogen) atoms. The lowest BCUT2D eigenvalue weighted by Crippen LogP contribution is -2.31. The standard InChI is InChI=1S/C12H20N4O/c1-10-9-16(4-3-5-17-10)12-8-14-7-11(15-12)6-13-2/h7-8,10,13H,3-6,9H2,1-2H3. The molecule has 1 N–H and O–H groups in total. The van der Waals surface area contributed by atoms with Crippen LogP contribution in [0.5, 0.6) is 0 Å². The second kappa shape index (κ2) is 5.93. The van der Waals surface area contributed by atoms with E-state index < -0.39 is 0 Å². The summed E-state index contributed by atoms with van der Waals surface area (Å²) in [6.45, 7) is 5.56. The Morgan fingerprint density at radius 1 is 1.53 bits per heavy atom. The van der Waals surface area contributed by atoms with E-state index in [0.29, 0.717) is 0 Å². The number of hydrogen-bond acceptors (Lipinski definition) is 5. The molecule has 0 bridgehead atoms. The Balaban J connectivity index is 2.11. The van der Waals surface area contributed by atoms with Gasteiger partial charge in [-0.2, -0.15) is 0 Å². The van der Waals surface area contributed by atoms with Crippen LogP contribution in [0.1, 0.15) is 19.0 Å². The first kappa shape index (κ1) is 12.3. The first-order valence-electron chi connectivity index (χ1n) is 6.11. The van der Waals surface area contributed by atoms with E-state index in [0.717, 1.165) is 44.2 Å². The van der Waals surface area contributed by atoms with Gasteiger partial charge in [0.25, 0.3) is 0 Å². The third-order valence-electron chi connectivity index (χ3n) is 2.81. The molecule has 0 aromatic carbocycles. The predicted octanol–water partition coefficient (Wildman–Crippen LogP) is 0.811. The summed E-state index contributed by atoms with van der Waals surface area (Å²) in [4.78, 5) is 11.1. The van der Waals surface area contributed by atoms with Gasteiger partial charge < -0.3 is 15.0 Å². The number of hydrogen-bond donors (Lipinski definition) is 1. The molecule has 1 atom stereocenters. The van der Waals surface area contributed by atoms with Crippen molar-refractivity contribution in [1.29, 1.82) is 0 Å². The Bertz CT molecular complexity index is 358. The summed E-state index contributed by atoms with van der Waals surface area (Å²) < 4.78 is 5.63. The fourth-order valence-corrected chi connectivity index (χ4v) is 2.02. The number of rotatable bonds is 3. The monoisotopic (exact) mass is 236 g/mol. The van der Waals surface area contributed by atoms with Gasteiger partial charge in [-0.25, -0.2) is 4.98 Å². The minimum absolute atomic E-state index is 0.257. The fraction of sp³-hybridized carbons (Fsp3) is 0.667. The summed E-state index contributed by atoms with van der Waals surface area (Å²) in [5.74, 6) is 0.954. The van der Waals surface area contributed by atoms with E-state index in [1.165, 1.54) is 0 Å². The van der Waals surface area contributed by atoms with Gasteiger partial charge in [0.15, 0.2) is 0 Å². The van der Waals surface area contributed by atoms with Gasteiger partial charge in [0.05, 0.1) is 18.0 Å². The van der Waals surface area contributed by atoms with Crippen LogP contribution in [0.4, 0.5) is 5.82 Å². The summed E-state index contributed by atoms with van der Waals surface area (Å²) in [5.41, 5.74) is 0.975. The Hall–Kier alpha value is -1.20. The quantitative estimate of drug-likeness (QED) is 0.841. The molecule has 94 valence electrons. The Morgan fingerprint density at radius 2 is 2.41 bits per heavy atom. The van der Waals surface area contributed by atoms with Crippen molar-refractivity contribution in [2.24, 2.45) is 0 Å². The van der Waals surface area contributed by atoms with Crippen LogP contribution < -0.4 is 10.2 Å². The van der Waals surface area contributed by atoms with Gasteiger partial charge in [-0.1, -0.05) is 0 Å². The van der Waals surface area contributed by atoms with Crippen LogP contribution in [0, 0.1) is 0 Å². The van der Waals surface area contributed by atoms with Crippen molar-refractivity contribution < 1.29 is 4.74 Å². The molecular formula is C12H20N4O. The van der Waals surface area contributed by atoms with Crippen LogP contribution in [0.15, 0.2) is 12.4 Å². The van der Waals surface area contributed by atoms with E-state index in [4.69, 9.17) is 4.74 Å². The Morgan fingerprint density at radius 3 is 3.24 bits per heavy atom. The molecule has 1 aromatic heterocycles. The van der Waals surface area contributed by atoms with Gasteiger partial charge in [0, 0.05) is 32.4 Å². The summed E-state index contributed by atoms with van der Waals surface area (Å²) in [7, 11) is 1.91. The van der Waals surface area contributed by atoms with Gasteiger partial charge >= 0.3 is 0 Å². The minimum atomic E-state index is 0.257. The van der Waals surface area contributed by atoms with Crippen LogP contribution >= 0.6 is 0 Å². The topological polar surface area (TPSA) is 50.3 Å². The van der Waals surface area contributed by atoms with Crippen molar-refractivity contribution in [2.45, 2.75) is 26.0 Å². The van der Waals surface area contributed by atoms with E-state index in [1.54, 1.807) is 6.20 Å². The second-order valence-corrected chi connectivity index (χ2v) is 4.38. The number of aromatic nitrogens is 2. The SMILES string of the molecule is CNCc1cncc(N2CCCOC(C)C2)n1. The smallest absolute Gasteiger partial charge is 0.147 e. The molecule has 1 saturated heterocycles. The fourth-order valence-electron chi connectivity index (χ4n) is 2.02. The van der Waals surface area contributed by atoms with E-state index in [1.807, 2.05) is 13.2 Å². The molecular weight excluding hydrogens is 216 g/mol. The number of ether oxygens (including phenoxy) is 1. The van der Waals surface area contributed by atoms with E-state index >= 15 is 0 Å². The Labute approximate surface area is 102 Å². The normalized spacial score (nSPS) is 21.3. The molecule has 1 unspecified atom stereocenters. The van der Waals surface area contributed by atoms with Crippen molar-refractivity contribution in [3.8, 4) is 0 Å². The third kappa shape index (κ3) is 3.38. The maximum absolute atomic E-state index is 5.63. The zero-order valence-corrected chi connectivity index (χ0v) is 10.5. The highest BCUT2D eigenvalue weighted by Crippen LogP contribution is 2.14. The van der Waals surface area contributed by atoms with Crippen LogP contribution in [0.3, 0.4) is 0 Å². The highest BCUT2D eigenvalue weighted by Gasteiger charge is 2.16. The van der Waals surface area contributed by atoms with E-state index in [-0.39, 0.29) is 6.10 Å². The molecule has 0 aliphatic carbocycles. The summed E-state index contributed by atoms with van der Waals surface area (Å²) in [5, 5.41) is 3.09. The lowest BCUT2D eigenvalue weighted by atomic mass is 10.3. The zero-order chi connectivity index (χ0) is 12.1. The molecule has 0 radical (unpaired) electrons. The first-order chi connectivity index (χ1) is 8.29. The van der Waals surface area contributed by atoms with Crippen molar-refractivity contribution in [2.75, 3.05) is 31.6 Å². The summed E-state index contributed by atoms with van der Waals surface area (Å²) >= 11 is 0. The molecule has 2 rings (SSSR count). The number of anilines is 1. The maximum atomic E-state index is 5.63. The molecule has 1 fully saturated rings. The minimum Gasteiger partial charge on any atom is -0.377 e. The van der Waals surface area contributed by atoms with Gasteiger partial charge in [-0.15, -0.1) is 0 Å². The van der Waals surface area contributed by atoms with E-state index in [2.05, 4.69) is 27.1 Å². The highest BCUT2D eigenvalue weighted by atomic mass is 16.5. The Kier molecular flexibility index (Phi) is 4.28. The molecule has 0 spiro atoms. The van der Waals surface area contributed by atoms with Crippen LogP contribution in [0.25, 0.3) is 0 Å². The molecule has 0 saturated carbocycles. The lowest BCUT2D eigenvalue weighted by molar-refractivity contribution is 0.0820. The molecule has 5 nitrogen and oxygen atoms in total. The first-order valence-corrected chi connectivity index (χ1v) is 6.11. The molecule has 5 heteroatoms. The highest BCUT2D eigenvalue weighted by molar-refractivity contribution is 5.36. The van der Waals surface area contributed by atoms with Gasteiger partial charge in [0.2, 0.25) is 0 Å². The largest absolute Gasteiger partial charge is 0.377 e. The molecule has 1 aliphatic rings. The predicted molar refractivity (Wildman–Crippen MR) is 67.0 cm³/mol. The lowest BCUT2D eigenvalue weighted by Gasteiger charge is -2.23. The summed E-state index contributed by atoms with van der Waals surface area (Å²) in [6.07, 6.45) is 4.93. The molecule has 1 aliphatic heterocycles. The van der Waals surface area contributed by atoms with Gasteiger partial charge in [-0.3, -0.25) is 4.98 Å². The number of nitrogens with zero attached hydrogens (tertiary/aromatic N) is 3. The van der Waals surface area contributed by atoms with Crippen LogP contribution in [-0.2, 0) is 11.3 Å². The number of nitrogens with one attached hydrogen (secondary N) is 1. The zero-order valence-electron chi connectivity index (χ0n) is 10.5. The van der Waals surface area contributed by atoms with Crippen LogP contribution in [-0.4, -0.2) is 42.8 Å². The van der Waals surface area contributed by atoms with Crippen molar-refractivity contribution in [3.63, 3.8) is 0 Å². The molecule has 1 aromatic rings. The maximum Gasteiger partial charge on any atom is 0.147 e. The average Bonchev–Trinajstić information content (AvgIpc) is 2.55. The van der Waals surface area contributed by atoms with E-state index in [9.17, 15) is 0 Å². The molecule has 2 heterocycles. The second-order valence-electron chi connectivity index (χ2n) is 4.38. The van der Waals surface area contributed by atoms with Crippen molar-refractivity contribution >= 4 is 5.82 Å². The average molecular weight is 236 g/mol. The summed E-state index contributed by atoms with van der Waals surface area (Å²) in [6, 6.07) is 0.